The molecule has 1 aliphatic rings. The van der Waals surface area contributed by atoms with Crippen molar-refractivity contribution in [1.82, 2.24) is 14.8 Å². The number of hydrogen-bond donors (Lipinski definition) is 2. The summed E-state index contributed by atoms with van der Waals surface area (Å²) in [7, 11) is 1.80. The van der Waals surface area contributed by atoms with Gasteiger partial charge < -0.3 is 10.4 Å². The number of fused-ring (bicyclic) bond motifs is 1. The second kappa shape index (κ2) is 5.11. The zero-order chi connectivity index (χ0) is 14.1. The number of pyridine rings is 1. The molecule has 20 heavy (non-hydrogen) atoms. The molecule has 0 radical (unpaired) electrons. The van der Waals surface area contributed by atoms with Crippen LogP contribution in [0.1, 0.15) is 36.0 Å². The van der Waals surface area contributed by atoms with Crippen molar-refractivity contribution >= 4 is 22.7 Å². The highest BCUT2D eigenvalue weighted by Crippen LogP contribution is 2.30. The zero-order valence-electron chi connectivity index (χ0n) is 11.5. The maximum absolute atomic E-state index is 11.3. The van der Waals surface area contributed by atoms with Gasteiger partial charge in [0.2, 0.25) is 0 Å². The summed E-state index contributed by atoms with van der Waals surface area (Å²) in [4.78, 5) is 15.5. The van der Waals surface area contributed by atoms with Gasteiger partial charge in [-0.3, -0.25) is 4.68 Å². The van der Waals surface area contributed by atoms with E-state index in [0.717, 1.165) is 24.3 Å². The standard InChI is InChI=1S/C14H18N4O2/c1-18-13-10(8-17-18)12(11(7-16-13)14(19)20)15-6-5-9-3-2-4-9/h7-9H,2-6H2,1H3,(H,15,16)(H,19,20). The first-order valence-corrected chi connectivity index (χ1v) is 6.94. The molecule has 0 amide bonds. The summed E-state index contributed by atoms with van der Waals surface area (Å²) in [5, 5.41) is 17.5. The van der Waals surface area contributed by atoms with Crippen molar-refractivity contribution < 1.29 is 9.90 Å². The van der Waals surface area contributed by atoms with E-state index in [1.807, 2.05) is 0 Å². The summed E-state index contributed by atoms with van der Waals surface area (Å²) in [6.45, 7) is 0.791. The van der Waals surface area contributed by atoms with Gasteiger partial charge in [0.1, 0.15) is 5.56 Å². The molecule has 0 aromatic carbocycles. The van der Waals surface area contributed by atoms with E-state index in [0.29, 0.717) is 11.3 Å². The Bertz CT molecular complexity index is 646. The van der Waals surface area contributed by atoms with Crippen LogP contribution in [0.2, 0.25) is 0 Å². The molecule has 0 aliphatic heterocycles. The molecule has 0 unspecified atom stereocenters. The van der Waals surface area contributed by atoms with Gasteiger partial charge in [0.25, 0.3) is 0 Å². The van der Waals surface area contributed by atoms with Gasteiger partial charge in [-0.1, -0.05) is 19.3 Å². The lowest BCUT2D eigenvalue weighted by atomic mass is 9.83. The molecule has 2 aromatic heterocycles. The van der Waals surface area contributed by atoms with Crippen LogP contribution in [0.3, 0.4) is 0 Å². The normalized spacial score (nSPS) is 15.2. The molecule has 6 nitrogen and oxygen atoms in total. The molecule has 1 aliphatic carbocycles. The number of carboxylic acids is 1. The molecule has 2 N–H and O–H groups in total. The second-order valence-electron chi connectivity index (χ2n) is 5.37. The summed E-state index contributed by atoms with van der Waals surface area (Å²) in [6, 6.07) is 0. The number of nitrogens with one attached hydrogen (secondary N) is 1. The molecule has 0 saturated heterocycles. The van der Waals surface area contributed by atoms with E-state index in [9.17, 15) is 9.90 Å². The molecule has 0 atom stereocenters. The number of nitrogens with zero attached hydrogens (tertiary/aromatic N) is 3. The first-order chi connectivity index (χ1) is 9.66. The quantitative estimate of drug-likeness (QED) is 0.874. The predicted molar refractivity (Wildman–Crippen MR) is 75.9 cm³/mol. The van der Waals surface area contributed by atoms with Crippen molar-refractivity contribution in [2.75, 3.05) is 11.9 Å². The summed E-state index contributed by atoms with van der Waals surface area (Å²) in [5.74, 6) is -0.170. The highest BCUT2D eigenvalue weighted by Gasteiger charge is 2.19. The van der Waals surface area contributed by atoms with E-state index in [-0.39, 0.29) is 5.56 Å². The third kappa shape index (κ3) is 2.21. The molecular weight excluding hydrogens is 256 g/mol. The van der Waals surface area contributed by atoms with Crippen LogP contribution < -0.4 is 5.32 Å². The highest BCUT2D eigenvalue weighted by molar-refractivity contribution is 6.03. The van der Waals surface area contributed by atoms with Crippen molar-refractivity contribution in [3.05, 3.63) is 18.0 Å². The highest BCUT2D eigenvalue weighted by atomic mass is 16.4. The van der Waals surface area contributed by atoms with E-state index < -0.39 is 5.97 Å². The van der Waals surface area contributed by atoms with Crippen molar-refractivity contribution in [1.29, 1.82) is 0 Å². The third-order valence-electron chi connectivity index (χ3n) is 4.07. The Morgan fingerprint density at radius 1 is 1.50 bits per heavy atom. The minimum absolute atomic E-state index is 0.208. The number of rotatable bonds is 5. The van der Waals surface area contributed by atoms with Gasteiger partial charge in [-0.15, -0.1) is 0 Å². The Hall–Kier alpha value is -2.11. The summed E-state index contributed by atoms with van der Waals surface area (Å²) < 4.78 is 1.65. The lowest BCUT2D eigenvalue weighted by Crippen LogP contribution is -2.17. The van der Waals surface area contributed by atoms with E-state index in [1.54, 1.807) is 17.9 Å². The monoisotopic (exact) mass is 274 g/mol. The van der Waals surface area contributed by atoms with Crippen molar-refractivity contribution in [3.8, 4) is 0 Å². The van der Waals surface area contributed by atoms with Gasteiger partial charge >= 0.3 is 5.97 Å². The lowest BCUT2D eigenvalue weighted by molar-refractivity contribution is 0.0697. The van der Waals surface area contributed by atoms with Crippen molar-refractivity contribution in [2.24, 2.45) is 13.0 Å². The Labute approximate surface area is 116 Å². The van der Waals surface area contributed by atoms with Crippen LogP contribution in [0.25, 0.3) is 11.0 Å². The average molecular weight is 274 g/mol. The van der Waals surface area contributed by atoms with Gasteiger partial charge in [0.05, 0.1) is 17.3 Å². The molecule has 2 heterocycles. The van der Waals surface area contributed by atoms with E-state index >= 15 is 0 Å². The zero-order valence-corrected chi connectivity index (χ0v) is 11.5. The van der Waals surface area contributed by atoms with Crippen molar-refractivity contribution in [3.63, 3.8) is 0 Å². The predicted octanol–water partition coefficient (Wildman–Crippen LogP) is 2.27. The summed E-state index contributed by atoms with van der Waals surface area (Å²) in [6.07, 6.45) is 8.08. The fourth-order valence-electron chi connectivity index (χ4n) is 2.63. The van der Waals surface area contributed by atoms with Gasteiger partial charge in [-0.2, -0.15) is 5.10 Å². The third-order valence-corrected chi connectivity index (χ3v) is 4.07. The number of carboxylic acid groups (broad SMARTS) is 1. The van der Waals surface area contributed by atoms with Gasteiger partial charge in [-0.25, -0.2) is 9.78 Å². The van der Waals surface area contributed by atoms with Crippen LogP contribution in [0.15, 0.2) is 12.4 Å². The lowest BCUT2D eigenvalue weighted by Gasteiger charge is -2.25. The number of aryl methyl sites for hydroxylation is 1. The topological polar surface area (TPSA) is 80.0 Å². The number of carbonyl (C=O) groups is 1. The first-order valence-electron chi connectivity index (χ1n) is 6.94. The van der Waals surface area contributed by atoms with Gasteiger partial charge in [0.15, 0.2) is 5.65 Å². The molecule has 6 heteroatoms. The maximum Gasteiger partial charge on any atom is 0.339 e. The Morgan fingerprint density at radius 2 is 2.30 bits per heavy atom. The Morgan fingerprint density at radius 3 is 2.95 bits per heavy atom. The number of aromatic nitrogens is 3. The molecule has 106 valence electrons. The largest absolute Gasteiger partial charge is 0.478 e. The summed E-state index contributed by atoms with van der Waals surface area (Å²) >= 11 is 0. The minimum Gasteiger partial charge on any atom is -0.478 e. The summed E-state index contributed by atoms with van der Waals surface area (Å²) in [5.41, 5.74) is 1.54. The molecule has 0 spiro atoms. The minimum atomic E-state index is -0.964. The number of anilines is 1. The van der Waals surface area contributed by atoms with E-state index in [1.165, 1.54) is 25.5 Å². The smallest absolute Gasteiger partial charge is 0.339 e. The molecule has 1 fully saturated rings. The molecule has 0 bridgehead atoms. The first kappa shape index (κ1) is 12.9. The Kier molecular flexibility index (Phi) is 3.30. The van der Waals surface area contributed by atoms with Crippen LogP contribution in [-0.2, 0) is 7.05 Å². The molecular formula is C14H18N4O2. The van der Waals surface area contributed by atoms with E-state index in [2.05, 4.69) is 15.4 Å². The second-order valence-corrected chi connectivity index (χ2v) is 5.37. The number of hydrogen-bond acceptors (Lipinski definition) is 4. The van der Waals surface area contributed by atoms with Crippen LogP contribution in [0.4, 0.5) is 5.69 Å². The Balaban J connectivity index is 1.88. The van der Waals surface area contributed by atoms with Crippen LogP contribution in [0, 0.1) is 5.92 Å². The van der Waals surface area contributed by atoms with Crippen LogP contribution >= 0.6 is 0 Å². The van der Waals surface area contributed by atoms with Crippen LogP contribution in [0.5, 0.6) is 0 Å². The molecule has 2 aromatic rings. The maximum atomic E-state index is 11.3. The van der Waals surface area contributed by atoms with Crippen molar-refractivity contribution in [2.45, 2.75) is 25.7 Å². The average Bonchev–Trinajstić information content (AvgIpc) is 2.74. The van der Waals surface area contributed by atoms with Gasteiger partial charge in [-0.05, 0) is 12.3 Å². The number of aromatic carboxylic acids is 1. The van der Waals surface area contributed by atoms with Gasteiger partial charge in [0, 0.05) is 19.8 Å². The SMILES string of the molecule is Cn1ncc2c(NCCC3CCC3)c(C(=O)O)cnc21. The van der Waals surface area contributed by atoms with E-state index in [4.69, 9.17) is 0 Å². The van der Waals surface area contributed by atoms with Crippen LogP contribution in [-0.4, -0.2) is 32.4 Å². The molecule has 1 saturated carbocycles. The fourth-order valence-corrected chi connectivity index (χ4v) is 2.63. The molecule has 3 rings (SSSR count). The fraction of sp³-hybridized carbons (Fsp3) is 0.500.